The number of aromatic nitrogens is 3. The van der Waals surface area contributed by atoms with Crippen LogP contribution in [-0.2, 0) is 5.54 Å². The topological polar surface area (TPSA) is 115 Å². The summed E-state index contributed by atoms with van der Waals surface area (Å²) in [5.74, 6) is -1.22. The fourth-order valence-electron chi connectivity index (χ4n) is 3.82. The van der Waals surface area contributed by atoms with Crippen LogP contribution in [0.4, 0.5) is 26.0 Å². The molecule has 0 bridgehead atoms. The summed E-state index contributed by atoms with van der Waals surface area (Å²) in [6.07, 6.45) is 4.44. The van der Waals surface area contributed by atoms with E-state index in [1.54, 1.807) is 29.1 Å². The molecule has 0 unspecified atom stereocenters. The Hall–Kier alpha value is -3.53. The highest BCUT2D eigenvalue weighted by Crippen LogP contribution is 2.33. The van der Waals surface area contributed by atoms with Crippen molar-refractivity contribution in [2.75, 3.05) is 29.9 Å². The molecular formula is C21H23F2N7O. The summed E-state index contributed by atoms with van der Waals surface area (Å²) in [7, 11) is 0. The zero-order chi connectivity index (χ0) is 22.0. The molecule has 31 heavy (non-hydrogen) atoms. The number of nitrogens with two attached hydrogens (primary N) is 2. The number of carbonyl (C=O) groups is 1. The van der Waals surface area contributed by atoms with Crippen LogP contribution in [0.2, 0.25) is 0 Å². The summed E-state index contributed by atoms with van der Waals surface area (Å²) >= 11 is 0. The zero-order valence-corrected chi connectivity index (χ0v) is 16.8. The molecule has 1 fully saturated rings. The molecule has 2 aromatic heterocycles. The van der Waals surface area contributed by atoms with Crippen LogP contribution in [0.5, 0.6) is 0 Å². The minimum absolute atomic E-state index is 0.224. The van der Waals surface area contributed by atoms with Crippen LogP contribution < -0.4 is 21.7 Å². The molecule has 0 atom stereocenters. The lowest BCUT2D eigenvalue weighted by atomic mass is 9.87. The molecule has 1 aromatic carbocycles. The second-order valence-corrected chi connectivity index (χ2v) is 7.59. The van der Waals surface area contributed by atoms with E-state index in [9.17, 15) is 13.6 Å². The zero-order valence-electron chi connectivity index (χ0n) is 16.8. The fourth-order valence-corrected chi connectivity index (χ4v) is 3.82. The predicted molar refractivity (Wildman–Crippen MR) is 113 cm³/mol. The Kier molecular flexibility index (Phi) is 5.55. The third-order valence-corrected chi connectivity index (χ3v) is 5.72. The lowest BCUT2D eigenvalue weighted by molar-refractivity contribution is 0.100. The van der Waals surface area contributed by atoms with E-state index >= 15 is 0 Å². The van der Waals surface area contributed by atoms with Crippen LogP contribution >= 0.6 is 0 Å². The Labute approximate surface area is 177 Å². The molecule has 3 aromatic rings. The monoisotopic (exact) mass is 427 g/mol. The van der Waals surface area contributed by atoms with Crippen LogP contribution in [0.15, 0.2) is 48.8 Å². The number of primary amides is 1. The number of pyridine rings is 1. The largest absolute Gasteiger partial charge is 0.370 e. The first-order valence-corrected chi connectivity index (χ1v) is 9.89. The molecule has 162 valence electrons. The number of nitrogens with zero attached hydrogens (tertiary/aromatic N) is 4. The maximum absolute atomic E-state index is 13.2. The van der Waals surface area contributed by atoms with Crippen LogP contribution in [0.1, 0.15) is 23.2 Å². The highest BCUT2D eigenvalue weighted by atomic mass is 19.1. The van der Waals surface area contributed by atoms with Gasteiger partial charge in [0, 0.05) is 31.5 Å². The van der Waals surface area contributed by atoms with E-state index in [1.165, 1.54) is 24.4 Å². The second kappa shape index (κ2) is 8.31. The Morgan fingerprint density at radius 1 is 1.13 bits per heavy atom. The van der Waals surface area contributed by atoms with E-state index in [0.29, 0.717) is 38.2 Å². The molecule has 0 aliphatic carbocycles. The normalized spacial score (nSPS) is 15.6. The first-order valence-electron chi connectivity index (χ1n) is 9.89. The van der Waals surface area contributed by atoms with Gasteiger partial charge in [-0.05, 0) is 49.2 Å². The smallest absolute Gasteiger partial charge is 0.254 e. The molecule has 0 radical (unpaired) electrons. The van der Waals surface area contributed by atoms with E-state index in [1.807, 2.05) is 0 Å². The van der Waals surface area contributed by atoms with Crippen molar-refractivity contribution < 1.29 is 13.6 Å². The van der Waals surface area contributed by atoms with Gasteiger partial charge in [-0.1, -0.05) is 0 Å². The van der Waals surface area contributed by atoms with Crippen molar-refractivity contribution >= 4 is 23.1 Å². The second-order valence-electron chi connectivity index (χ2n) is 7.59. The van der Waals surface area contributed by atoms with Gasteiger partial charge >= 0.3 is 0 Å². The molecule has 1 amide bonds. The van der Waals surface area contributed by atoms with E-state index in [0.717, 1.165) is 5.69 Å². The first kappa shape index (κ1) is 20.7. The Morgan fingerprint density at radius 2 is 1.84 bits per heavy atom. The molecule has 4 rings (SSSR count). The van der Waals surface area contributed by atoms with Gasteiger partial charge in [0.25, 0.3) is 5.91 Å². The number of nitrogens with one attached hydrogen (secondary N) is 1. The molecular weight excluding hydrogens is 404 g/mol. The van der Waals surface area contributed by atoms with Gasteiger partial charge in [0.2, 0.25) is 5.95 Å². The Balaban J connectivity index is 1.57. The van der Waals surface area contributed by atoms with Crippen LogP contribution in [0, 0.1) is 11.8 Å². The number of hydrogen-bond acceptors (Lipinski definition) is 6. The molecule has 8 nitrogen and oxygen atoms in total. The van der Waals surface area contributed by atoms with Crippen molar-refractivity contribution in [3.63, 3.8) is 0 Å². The number of anilines is 3. The first-order chi connectivity index (χ1) is 14.9. The summed E-state index contributed by atoms with van der Waals surface area (Å²) in [6.45, 7) is 1.65. The SMILES string of the molecule is NCC1(n2cc(C(N)=O)c(Nc3ccc(F)cc3)n2)CCN(c2ccc(F)nc2)CC1. The van der Waals surface area contributed by atoms with Gasteiger partial charge in [0.1, 0.15) is 11.4 Å². The van der Waals surface area contributed by atoms with E-state index in [-0.39, 0.29) is 17.2 Å². The summed E-state index contributed by atoms with van der Waals surface area (Å²) in [5.41, 5.74) is 12.9. The fraction of sp³-hybridized carbons (Fsp3) is 0.286. The molecule has 5 N–H and O–H groups in total. The number of halogens is 2. The standard InChI is InChI=1S/C21H23F2N7O/c22-14-1-3-15(4-2-14)27-20-17(19(25)31)12-30(28-20)21(13-24)7-9-29(10-8-21)16-5-6-18(23)26-11-16/h1-6,11-12H,7-10,13,24H2,(H2,25,31)(H,27,28). The average molecular weight is 427 g/mol. The van der Waals surface area contributed by atoms with E-state index in [4.69, 9.17) is 11.5 Å². The third-order valence-electron chi connectivity index (χ3n) is 5.72. The lowest BCUT2D eigenvalue weighted by Gasteiger charge is -2.42. The number of benzene rings is 1. The number of carbonyl (C=O) groups excluding carboxylic acids is 1. The van der Waals surface area contributed by atoms with Crippen LogP contribution in [-0.4, -0.2) is 40.3 Å². The van der Waals surface area contributed by atoms with Gasteiger partial charge in [-0.2, -0.15) is 9.49 Å². The third kappa shape index (κ3) is 4.19. The highest BCUT2D eigenvalue weighted by molar-refractivity contribution is 5.98. The van der Waals surface area contributed by atoms with Crippen molar-refractivity contribution in [2.45, 2.75) is 18.4 Å². The van der Waals surface area contributed by atoms with Crippen LogP contribution in [0.3, 0.4) is 0 Å². The predicted octanol–water partition coefficient (Wildman–Crippen LogP) is 2.35. The minimum atomic E-state index is -0.627. The lowest BCUT2D eigenvalue weighted by Crippen LogP contribution is -2.50. The Bertz CT molecular complexity index is 1060. The van der Waals surface area contributed by atoms with Gasteiger partial charge in [0.05, 0.1) is 17.4 Å². The van der Waals surface area contributed by atoms with Gasteiger partial charge in [-0.15, -0.1) is 0 Å². The van der Waals surface area contributed by atoms with Crippen molar-refractivity contribution in [2.24, 2.45) is 11.5 Å². The van der Waals surface area contributed by atoms with Gasteiger partial charge in [-0.3, -0.25) is 9.48 Å². The molecule has 1 saturated heterocycles. The highest BCUT2D eigenvalue weighted by Gasteiger charge is 2.37. The quantitative estimate of drug-likeness (QED) is 0.520. The molecule has 3 heterocycles. The summed E-state index contributed by atoms with van der Waals surface area (Å²) in [6, 6.07) is 8.75. The number of piperidine rings is 1. The molecule has 0 spiro atoms. The number of amides is 1. The number of rotatable bonds is 6. The van der Waals surface area contributed by atoms with Gasteiger partial charge in [-0.25, -0.2) is 9.37 Å². The average Bonchev–Trinajstić information content (AvgIpc) is 3.21. The van der Waals surface area contributed by atoms with Crippen molar-refractivity contribution in [3.05, 3.63) is 66.1 Å². The summed E-state index contributed by atoms with van der Waals surface area (Å²) in [5, 5.41) is 7.60. The molecule has 1 aliphatic heterocycles. The Morgan fingerprint density at radius 3 is 2.42 bits per heavy atom. The van der Waals surface area contributed by atoms with Gasteiger partial charge < -0.3 is 21.7 Å². The maximum Gasteiger partial charge on any atom is 0.254 e. The van der Waals surface area contributed by atoms with Crippen molar-refractivity contribution in [3.8, 4) is 0 Å². The van der Waals surface area contributed by atoms with Crippen molar-refractivity contribution in [1.82, 2.24) is 14.8 Å². The van der Waals surface area contributed by atoms with Gasteiger partial charge in [0.15, 0.2) is 5.82 Å². The molecule has 10 heteroatoms. The van der Waals surface area contributed by atoms with Crippen LogP contribution in [0.25, 0.3) is 0 Å². The summed E-state index contributed by atoms with van der Waals surface area (Å²) < 4.78 is 28.0. The van der Waals surface area contributed by atoms with Crippen molar-refractivity contribution in [1.29, 1.82) is 0 Å². The maximum atomic E-state index is 13.2. The number of hydrogen-bond donors (Lipinski definition) is 3. The molecule has 0 saturated carbocycles. The molecule has 1 aliphatic rings. The minimum Gasteiger partial charge on any atom is -0.370 e. The van der Waals surface area contributed by atoms with E-state index < -0.39 is 17.4 Å². The summed E-state index contributed by atoms with van der Waals surface area (Å²) in [4.78, 5) is 17.8. The van der Waals surface area contributed by atoms with E-state index in [2.05, 4.69) is 20.3 Å².